The van der Waals surface area contributed by atoms with E-state index >= 15 is 0 Å². The molecule has 0 saturated heterocycles. The molecule has 0 aliphatic heterocycles. The maximum absolute atomic E-state index is 12.2. The van der Waals surface area contributed by atoms with Crippen molar-refractivity contribution in [1.29, 1.82) is 0 Å². The molecule has 0 fully saturated rings. The highest BCUT2D eigenvalue weighted by atomic mass is 16.5. The Morgan fingerprint density at radius 1 is 0.958 bits per heavy atom. The first-order valence-electron chi connectivity index (χ1n) is 8.29. The maximum Gasteiger partial charge on any atom is 0.261 e. The molecule has 0 heterocycles. The molecular weight excluding hydrogens is 302 g/mol. The lowest BCUT2D eigenvalue weighted by Gasteiger charge is -2.17. The molecule has 0 unspecified atom stereocenters. The van der Waals surface area contributed by atoms with E-state index in [2.05, 4.69) is 5.32 Å². The van der Waals surface area contributed by atoms with Gasteiger partial charge in [0.05, 0.1) is 6.54 Å². The summed E-state index contributed by atoms with van der Waals surface area (Å²) < 4.78 is 11.4. The molecule has 4 heteroatoms. The van der Waals surface area contributed by atoms with E-state index in [0.29, 0.717) is 25.3 Å². The van der Waals surface area contributed by atoms with Crippen molar-refractivity contribution in [3.05, 3.63) is 59.7 Å². The fraction of sp³-hybridized carbons (Fsp3) is 0.350. The summed E-state index contributed by atoms with van der Waals surface area (Å²) in [7, 11) is 0. The molecule has 4 nitrogen and oxygen atoms in total. The van der Waals surface area contributed by atoms with Crippen LogP contribution in [0.2, 0.25) is 0 Å². The molecule has 1 N–H and O–H groups in total. The topological polar surface area (TPSA) is 47.6 Å². The molecule has 2 aromatic carbocycles. The van der Waals surface area contributed by atoms with E-state index in [0.717, 1.165) is 11.3 Å². The third-order valence-electron chi connectivity index (χ3n) is 3.65. The van der Waals surface area contributed by atoms with E-state index in [9.17, 15) is 4.79 Å². The second kappa shape index (κ2) is 8.96. The third-order valence-corrected chi connectivity index (χ3v) is 3.65. The van der Waals surface area contributed by atoms with E-state index < -0.39 is 6.10 Å². The van der Waals surface area contributed by atoms with Gasteiger partial charge in [0.2, 0.25) is 0 Å². The number of ether oxygens (including phenoxy) is 2. The molecule has 1 atom stereocenters. The third kappa shape index (κ3) is 5.61. The highest BCUT2D eigenvalue weighted by Gasteiger charge is 2.17. The molecule has 1 amide bonds. The van der Waals surface area contributed by atoms with Crippen LogP contribution in [0.1, 0.15) is 24.5 Å². The Bertz CT molecular complexity index is 635. The van der Waals surface area contributed by atoms with Crippen LogP contribution in [0.25, 0.3) is 0 Å². The van der Waals surface area contributed by atoms with Crippen LogP contribution in [0.3, 0.4) is 0 Å². The van der Waals surface area contributed by atoms with Crippen molar-refractivity contribution in [2.45, 2.75) is 33.3 Å². The minimum atomic E-state index is -0.493. The lowest BCUT2D eigenvalue weighted by Crippen LogP contribution is -2.39. The monoisotopic (exact) mass is 327 g/mol. The Morgan fingerprint density at radius 2 is 1.50 bits per heavy atom. The van der Waals surface area contributed by atoms with Gasteiger partial charge in [0.15, 0.2) is 6.10 Å². The van der Waals surface area contributed by atoms with E-state index in [1.807, 2.05) is 69.3 Å². The molecule has 0 spiro atoms. The van der Waals surface area contributed by atoms with Crippen molar-refractivity contribution in [1.82, 2.24) is 5.32 Å². The predicted molar refractivity (Wildman–Crippen MR) is 95.6 cm³/mol. The summed E-state index contributed by atoms with van der Waals surface area (Å²) in [6.07, 6.45) is 0.116. The lowest BCUT2D eigenvalue weighted by atomic mass is 10.2. The summed E-state index contributed by atoms with van der Waals surface area (Å²) in [5, 5.41) is 2.86. The van der Waals surface area contributed by atoms with E-state index in [1.165, 1.54) is 5.56 Å². The fourth-order valence-electron chi connectivity index (χ4n) is 2.19. The number of aryl methyl sites for hydroxylation is 2. The van der Waals surface area contributed by atoms with Gasteiger partial charge in [-0.25, -0.2) is 0 Å². The van der Waals surface area contributed by atoms with Crippen molar-refractivity contribution in [2.24, 2.45) is 0 Å². The van der Waals surface area contributed by atoms with Crippen LogP contribution >= 0.6 is 0 Å². The quantitative estimate of drug-likeness (QED) is 0.753. The summed E-state index contributed by atoms with van der Waals surface area (Å²) in [6.45, 7) is 6.85. The van der Waals surface area contributed by atoms with E-state index in [1.54, 1.807) is 0 Å². The summed E-state index contributed by atoms with van der Waals surface area (Å²) in [5.74, 6) is 1.39. The number of benzene rings is 2. The Labute approximate surface area is 143 Å². The van der Waals surface area contributed by atoms with Crippen molar-refractivity contribution < 1.29 is 14.3 Å². The zero-order valence-electron chi connectivity index (χ0n) is 14.5. The first kappa shape index (κ1) is 17.9. The van der Waals surface area contributed by atoms with Crippen molar-refractivity contribution in [3.63, 3.8) is 0 Å². The van der Waals surface area contributed by atoms with Gasteiger partial charge in [0, 0.05) is 0 Å². The average molecular weight is 327 g/mol. The molecule has 0 radical (unpaired) electrons. The van der Waals surface area contributed by atoms with Gasteiger partial charge in [-0.05, 0) is 44.5 Å². The van der Waals surface area contributed by atoms with Gasteiger partial charge in [0.25, 0.3) is 5.91 Å². The summed E-state index contributed by atoms with van der Waals surface area (Å²) in [5.41, 5.74) is 2.35. The highest BCUT2D eigenvalue weighted by molar-refractivity contribution is 5.81. The zero-order chi connectivity index (χ0) is 17.4. The van der Waals surface area contributed by atoms with Gasteiger partial charge >= 0.3 is 0 Å². The zero-order valence-corrected chi connectivity index (χ0v) is 14.5. The van der Waals surface area contributed by atoms with Crippen molar-refractivity contribution in [2.75, 3.05) is 13.2 Å². The van der Waals surface area contributed by atoms with Crippen molar-refractivity contribution >= 4 is 5.91 Å². The first-order chi connectivity index (χ1) is 11.6. The minimum absolute atomic E-state index is 0.120. The normalized spacial score (nSPS) is 11.6. The smallest absolute Gasteiger partial charge is 0.261 e. The standard InChI is InChI=1S/C20H25NO3/c1-4-19(24-18-11-7-16(3)8-12-18)20(22)21-13-14-23-17-9-5-15(2)6-10-17/h5-12,19H,4,13-14H2,1-3H3,(H,21,22)/t19-/m1/s1. The molecule has 24 heavy (non-hydrogen) atoms. The van der Waals surface area contributed by atoms with Gasteiger partial charge in [-0.1, -0.05) is 42.3 Å². The Morgan fingerprint density at radius 3 is 2.04 bits per heavy atom. The molecule has 0 bridgehead atoms. The summed E-state index contributed by atoms with van der Waals surface area (Å²) in [4.78, 5) is 12.2. The molecule has 2 aromatic rings. The molecule has 128 valence electrons. The predicted octanol–water partition coefficient (Wildman–Crippen LogP) is 3.66. The lowest BCUT2D eigenvalue weighted by molar-refractivity contribution is -0.128. The Kier molecular flexibility index (Phi) is 6.67. The number of nitrogens with one attached hydrogen (secondary N) is 1. The maximum atomic E-state index is 12.2. The van der Waals surface area contributed by atoms with Crippen LogP contribution in [0.15, 0.2) is 48.5 Å². The van der Waals surface area contributed by atoms with Crippen LogP contribution in [-0.2, 0) is 4.79 Å². The second-order valence-electron chi connectivity index (χ2n) is 5.78. The van der Waals surface area contributed by atoms with Crippen LogP contribution in [-0.4, -0.2) is 25.2 Å². The molecule has 0 aliphatic rings. The summed E-state index contributed by atoms with van der Waals surface area (Å²) >= 11 is 0. The molecule has 0 aromatic heterocycles. The fourth-order valence-corrected chi connectivity index (χ4v) is 2.19. The SMILES string of the molecule is CC[C@@H](Oc1ccc(C)cc1)C(=O)NCCOc1ccc(C)cc1. The van der Waals surface area contributed by atoms with Crippen LogP contribution in [0, 0.1) is 13.8 Å². The van der Waals surface area contributed by atoms with E-state index in [4.69, 9.17) is 9.47 Å². The molecule has 0 aliphatic carbocycles. The number of amides is 1. The van der Waals surface area contributed by atoms with Crippen molar-refractivity contribution in [3.8, 4) is 11.5 Å². The Hall–Kier alpha value is -2.49. The summed E-state index contributed by atoms with van der Waals surface area (Å²) in [6, 6.07) is 15.5. The first-order valence-corrected chi connectivity index (χ1v) is 8.29. The molecule has 0 saturated carbocycles. The number of hydrogen-bond acceptors (Lipinski definition) is 3. The van der Waals surface area contributed by atoms with Crippen LogP contribution in [0.5, 0.6) is 11.5 Å². The highest BCUT2D eigenvalue weighted by Crippen LogP contribution is 2.15. The van der Waals surface area contributed by atoms with Crippen LogP contribution < -0.4 is 14.8 Å². The largest absolute Gasteiger partial charge is 0.492 e. The van der Waals surface area contributed by atoms with Gasteiger partial charge in [-0.15, -0.1) is 0 Å². The number of hydrogen-bond donors (Lipinski definition) is 1. The average Bonchev–Trinajstić information content (AvgIpc) is 2.59. The van der Waals surface area contributed by atoms with Gasteiger partial charge in [-0.2, -0.15) is 0 Å². The molecule has 2 rings (SSSR count). The van der Waals surface area contributed by atoms with E-state index in [-0.39, 0.29) is 5.91 Å². The van der Waals surface area contributed by atoms with Crippen LogP contribution in [0.4, 0.5) is 0 Å². The second-order valence-corrected chi connectivity index (χ2v) is 5.78. The van der Waals surface area contributed by atoms with Gasteiger partial charge in [0.1, 0.15) is 18.1 Å². The van der Waals surface area contributed by atoms with Gasteiger partial charge < -0.3 is 14.8 Å². The molecular formula is C20H25NO3. The van der Waals surface area contributed by atoms with Gasteiger partial charge in [-0.3, -0.25) is 4.79 Å². The minimum Gasteiger partial charge on any atom is -0.492 e. The number of carbonyl (C=O) groups is 1. The number of carbonyl (C=O) groups excluding carboxylic acids is 1. The Balaban J connectivity index is 1.75. The number of rotatable bonds is 8.